The van der Waals surface area contributed by atoms with Crippen molar-refractivity contribution in [3.63, 3.8) is 0 Å². The molecule has 1 aromatic rings. The Morgan fingerprint density at radius 1 is 1.31 bits per heavy atom. The minimum Gasteiger partial charge on any atom is -0.338 e. The second-order valence-electron chi connectivity index (χ2n) is 7.49. The summed E-state index contributed by atoms with van der Waals surface area (Å²) in [7, 11) is 4.03. The molecule has 3 rings (SSSR count). The summed E-state index contributed by atoms with van der Waals surface area (Å²) in [6, 6.07) is 4.28. The Kier molecular flexibility index (Phi) is 6.08. The smallest absolute Gasteiger partial charge is 0.317 e. The zero-order valence-corrected chi connectivity index (χ0v) is 15.7. The molecule has 2 saturated heterocycles. The number of carbonyl (C=O) groups excluding carboxylic acids is 2. The molecule has 1 aromatic heterocycles. The number of nitrogens with zero attached hydrogens (tertiary/aromatic N) is 4. The topological polar surface area (TPSA) is 68.8 Å². The maximum Gasteiger partial charge on any atom is 0.317 e. The third-order valence-corrected chi connectivity index (χ3v) is 5.34. The van der Waals surface area contributed by atoms with Gasteiger partial charge in [0.25, 0.3) is 0 Å². The van der Waals surface area contributed by atoms with Crippen molar-refractivity contribution in [1.29, 1.82) is 0 Å². The lowest BCUT2D eigenvalue weighted by atomic mass is 9.93. The molecule has 0 aliphatic carbocycles. The molecule has 0 unspecified atom stereocenters. The van der Waals surface area contributed by atoms with Crippen molar-refractivity contribution in [2.45, 2.75) is 31.2 Å². The minimum absolute atomic E-state index is 0.000490. The molecule has 0 aromatic carbocycles. The van der Waals surface area contributed by atoms with Crippen molar-refractivity contribution in [3.8, 4) is 0 Å². The van der Waals surface area contributed by atoms with Crippen molar-refractivity contribution in [3.05, 3.63) is 30.1 Å². The number of nitrogens with one attached hydrogen (secondary N) is 1. The molecule has 3 amide bonds. The van der Waals surface area contributed by atoms with Gasteiger partial charge < -0.3 is 20.0 Å². The fourth-order valence-electron chi connectivity index (χ4n) is 3.66. The van der Waals surface area contributed by atoms with Crippen molar-refractivity contribution >= 4 is 11.9 Å². The lowest BCUT2D eigenvalue weighted by Crippen LogP contribution is -2.53. The van der Waals surface area contributed by atoms with E-state index in [0.717, 1.165) is 39.0 Å². The number of likely N-dealkylation sites (N-methyl/N-ethyl adjacent to an activating group) is 1. The number of rotatable bonds is 7. The monoisotopic (exact) mass is 359 g/mol. The normalized spacial score (nSPS) is 20.6. The van der Waals surface area contributed by atoms with Gasteiger partial charge in [-0.25, -0.2) is 4.79 Å². The highest BCUT2D eigenvalue weighted by molar-refractivity contribution is 5.79. The molecule has 26 heavy (non-hydrogen) atoms. The van der Waals surface area contributed by atoms with Gasteiger partial charge >= 0.3 is 6.03 Å². The zero-order valence-electron chi connectivity index (χ0n) is 15.7. The lowest BCUT2D eigenvalue weighted by Gasteiger charge is -2.39. The van der Waals surface area contributed by atoms with Gasteiger partial charge in [0.1, 0.15) is 0 Å². The molecule has 1 N–H and O–H groups in total. The predicted molar refractivity (Wildman–Crippen MR) is 99.9 cm³/mol. The van der Waals surface area contributed by atoms with Gasteiger partial charge in [0.05, 0.1) is 0 Å². The van der Waals surface area contributed by atoms with Crippen LogP contribution in [0.4, 0.5) is 4.79 Å². The summed E-state index contributed by atoms with van der Waals surface area (Å²) in [4.78, 5) is 34.2. The first-order valence-electron chi connectivity index (χ1n) is 9.41. The van der Waals surface area contributed by atoms with E-state index in [2.05, 4.69) is 15.2 Å². The molecule has 2 fully saturated rings. The summed E-state index contributed by atoms with van der Waals surface area (Å²) in [5, 5.41) is 3.01. The Morgan fingerprint density at radius 3 is 2.73 bits per heavy atom. The van der Waals surface area contributed by atoms with Crippen molar-refractivity contribution in [2.24, 2.45) is 0 Å². The van der Waals surface area contributed by atoms with Crippen molar-refractivity contribution in [1.82, 2.24) is 25.0 Å². The van der Waals surface area contributed by atoms with Crippen LogP contribution in [0.15, 0.2) is 24.5 Å². The number of carbonyl (C=O) groups is 2. The van der Waals surface area contributed by atoms with Crippen LogP contribution in [0.1, 0.15) is 30.7 Å². The van der Waals surface area contributed by atoms with E-state index in [1.807, 2.05) is 36.0 Å². The number of amides is 3. The summed E-state index contributed by atoms with van der Waals surface area (Å²) in [5.41, 5.74) is 1.24. The van der Waals surface area contributed by atoms with Crippen molar-refractivity contribution in [2.75, 3.05) is 46.8 Å². The first kappa shape index (κ1) is 18.6. The number of hydrogen-bond acceptors (Lipinski definition) is 4. The van der Waals surface area contributed by atoms with Crippen LogP contribution < -0.4 is 5.32 Å². The molecular weight excluding hydrogens is 330 g/mol. The van der Waals surface area contributed by atoms with Gasteiger partial charge in [-0.1, -0.05) is 0 Å². The Morgan fingerprint density at radius 2 is 2.04 bits per heavy atom. The van der Waals surface area contributed by atoms with Gasteiger partial charge in [-0.15, -0.1) is 0 Å². The Hall–Kier alpha value is -2.15. The van der Waals surface area contributed by atoms with Crippen molar-refractivity contribution < 1.29 is 9.59 Å². The van der Waals surface area contributed by atoms with Gasteiger partial charge in [-0.2, -0.15) is 0 Å². The third kappa shape index (κ3) is 4.52. The maximum atomic E-state index is 12.3. The van der Waals surface area contributed by atoms with Gasteiger partial charge in [-0.05, 0) is 44.6 Å². The second kappa shape index (κ2) is 8.49. The molecule has 2 aliphatic heterocycles. The van der Waals surface area contributed by atoms with Gasteiger partial charge in [0.2, 0.25) is 5.91 Å². The fraction of sp³-hybridized carbons (Fsp3) is 0.632. The first-order valence-corrected chi connectivity index (χ1v) is 9.41. The minimum atomic E-state index is -0.000490. The fourth-order valence-corrected chi connectivity index (χ4v) is 3.66. The number of urea groups is 1. The lowest BCUT2D eigenvalue weighted by molar-refractivity contribution is -0.129. The zero-order chi connectivity index (χ0) is 18.5. The molecule has 2 aliphatic rings. The predicted octanol–water partition coefficient (Wildman–Crippen LogP) is 1.13. The van der Waals surface area contributed by atoms with Gasteiger partial charge in [0, 0.05) is 63.5 Å². The summed E-state index contributed by atoms with van der Waals surface area (Å²) in [5.74, 6) is 0.656. The quantitative estimate of drug-likeness (QED) is 0.792. The summed E-state index contributed by atoms with van der Waals surface area (Å²) < 4.78 is 0. The number of likely N-dealkylation sites (tertiary alicyclic amines) is 2. The Balaban J connectivity index is 1.37. The molecule has 0 radical (unpaired) electrons. The molecule has 7 heteroatoms. The van der Waals surface area contributed by atoms with E-state index in [4.69, 9.17) is 0 Å². The number of aromatic nitrogens is 1. The van der Waals surface area contributed by atoms with E-state index in [-0.39, 0.29) is 18.0 Å². The molecule has 0 spiro atoms. The maximum absolute atomic E-state index is 12.3. The Labute approximate surface area is 155 Å². The van der Waals surface area contributed by atoms with Crippen LogP contribution in [-0.4, -0.2) is 84.5 Å². The van der Waals surface area contributed by atoms with E-state index in [1.54, 1.807) is 12.4 Å². The van der Waals surface area contributed by atoms with Gasteiger partial charge in [-0.3, -0.25) is 9.78 Å². The third-order valence-electron chi connectivity index (χ3n) is 5.34. The summed E-state index contributed by atoms with van der Waals surface area (Å²) >= 11 is 0. The van der Waals surface area contributed by atoms with Crippen LogP contribution in [0.5, 0.6) is 0 Å². The molecule has 1 atom stereocenters. The van der Waals surface area contributed by atoms with Crippen LogP contribution in [0, 0.1) is 0 Å². The van der Waals surface area contributed by atoms with E-state index < -0.39 is 0 Å². The standard InChI is InChI=1S/C19H29N5O2/c1-22(2)11-12-24-17(3-4-18(24)25)7-10-21-19(26)23-13-16(14-23)15-5-8-20-9-6-15/h5-6,8-9,16-17H,3-4,7,10-14H2,1-2H3,(H,21,26)/t17-/m1/s1. The largest absolute Gasteiger partial charge is 0.338 e. The van der Waals surface area contributed by atoms with Gasteiger partial charge in [0.15, 0.2) is 0 Å². The summed E-state index contributed by atoms with van der Waals surface area (Å²) in [6.45, 7) is 3.77. The van der Waals surface area contributed by atoms with E-state index in [1.165, 1.54) is 5.56 Å². The molecule has 3 heterocycles. The molecule has 142 valence electrons. The molecular formula is C19H29N5O2. The first-order chi connectivity index (χ1) is 12.5. The highest BCUT2D eigenvalue weighted by atomic mass is 16.2. The average Bonchev–Trinajstić information content (AvgIpc) is 2.92. The Bertz CT molecular complexity index is 616. The highest BCUT2D eigenvalue weighted by Gasteiger charge is 2.33. The van der Waals surface area contributed by atoms with E-state index in [0.29, 0.717) is 18.9 Å². The van der Waals surface area contributed by atoms with Crippen LogP contribution in [0.3, 0.4) is 0 Å². The van der Waals surface area contributed by atoms with Crippen LogP contribution >= 0.6 is 0 Å². The second-order valence-corrected chi connectivity index (χ2v) is 7.49. The molecule has 7 nitrogen and oxygen atoms in total. The molecule has 0 bridgehead atoms. The van der Waals surface area contributed by atoms with Crippen LogP contribution in [0.25, 0.3) is 0 Å². The number of hydrogen-bond donors (Lipinski definition) is 1. The molecule has 0 saturated carbocycles. The van der Waals surface area contributed by atoms with Crippen LogP contribution in [0.2, 0.25) is 0 Å². The SMILES string of the molecule is CN(C)CCN1C(=O)CC[C@@H]1CCNC(=O)N1CC(c2ccncc2)C1. The summed E-state index contributed by atoms with van der Waals surface area (Å²) in [6.07, 6.45) is 5.94. The van der Waals surface area contributed by atoms with E-state index >= 15 is 0 Å². The van der Waals surface area contributed by atoms with Crippen LogP contribution in [-0.2, 0) is 4.79 Å². The highest BCUT2D eigenvalue weighted by Crippen LogP contribution is 2.26. The average molecular weight is 359 g/mol. The van der Waals surface area contributed by atoms with E-state index in [9.17, 15) is 9.59 Å². The number of pyridine rings is 1.